The number of amides is 1. The third kappa shape index (κ3) is 7.00. The molecule has 0 aliphatic carbocycles. The van der Waals surface area contributed by atoms with Gasteiger partial charge in [0.2, 0.25) is 0 Å². The van der Waals surface area contributed by atoms with Gasteiger partial charge in [0.05, 0.1) is 26.9 Å². The van der Waals surface area contributed by atoms with E-state index in [-0.39, 0.29) is 68.1 Å². The number of carbonyl (C=O) groups excluding carboxylic acids is 3. The molecule has 38 heavy (non-hydrogen) atoms. The molecule has 0 spiro atoms. The van der Waals surface area contributed by atoms with Gasteiger partial charge in [0, 0.05) is 25.2 Å². The molecule has 1 N–H and O–H groups in total. The molecule has 1 saturated heterocycles. The molecule has 202 valence electrons. The van der Waals surface area contributed by atoms with Crippen molar-refractivity contribution in [2.24, 2.45) is 5.92 Å². The molecule has 1 unspecified atom stereocenters. The number of hydrogen-bond donors (Lipinski definition) is 1. The maximum Gasteiger partial charge on any atom is 0.410 e. The molecule has 1 amide bonds. The predicted molar refractivity (Wildman–Crippen MR) is 128 cm³/mol. The number of nitro groups is 2. The number of benzene rings is 2. The molecule has 1 aliphatic heterocycles. The molecule has 0 radical (unpaired) electrons. The molecular formula is C24H25N3O11. The monoisotopic (exact) mass is 531 g/mol. The molecule has 1 heterocycles. The molecule has 1 fully saturated rings. The van der Waals surface area contributed by atoms with Gasteiger partial charge in [-0.1, -0.05) is 24.3 Å². The molecule has 3 rings (SSSR count). The van der Waals surface area contributed by atoms with Gasteiger partial charge in [0.25, 0.3) is 17.8 Å². The maximum absolute atomic E-state index is 13.1. The summed E-state index contributed by atoms with van der Waals surface area (Å²) in [6, 6.07) is 11.0. The molecule has 0 bridgehead atoms. The number of nitro benzene ring substituents is 2. The van der Waals surface area contributed by atoms with Crippen LogP contribution in [0.15, 0.2) is 48.5 Å². The fourth-order valence-electron chi connectivity index (χ4n) is 4.01. The topological polar surface area (TPSA) is 189 Å². The van der Waals surface area contributed by atoms with E-state index in [1.807, 2.05) is 0 Å². The first-order valence-electron chi connectivity index (χ1n) is 11.5. The first kappa shape index (κ1) is 28.0. The van der Waals surface area contributed by atoms with E-state index in [4.69, 9.17) is 9.47 Å². The lowest BCUT2D eigenvalue weighted by molar-refractivity contribution is -0.387. The Morgan fingerprint density at radius 2 is 1.50 bits per heavy atom. The van der Waals surface area contributed by atoms with E-state index >= 15 is 0 Å². The van der Waals surface area contributed by atoms with Crippen molar-refractivity contribution >= 4 is 29.9 Å². The normalized spacial score (nSPS) is 14.4. The second kappa shape index (κ2) is 13.1. The Labute approximate surface area is 216 Å². The zero-order valence-electron chi connectivity index (χ0n) is 20.0. The molecule has 2 aromatic rings. The van der Waals surface area contributed by atoms with Gasteiger partial charge in [-0.15, -0.1) is 0 Å². The molecule has 1 atom stereocenters. The summed E-state index contributed by atoms with van der Waals surface area (Å²) in [5.74, 6) is -1.14. The smallest absolute Gasteiger partial charge is 0.410 e. The second-order valence-electron chi connectivity index (χ2n) is 8.37. The number of piperidine rings is 1. The van der Waals surface area contributed by atoms with Crippen molar-refractivity contribution in [1.29, 1.82) is 0 Å². The van der Waals surface area contributed by atoms with Gasteiger partial charge in [-0.05, 0) is 25.0 Å². The predicted octanol–water partition coefficient (Wildman–Crippen LogP) is 2.52. The van der Waals surface area contributed by atoms with Crippen LogP contribution in [0.2, 0.25) is 0 Å². The van der Waals surface area contributed by atoms with E-state index in [1.54, 1.807) is 0 Å². The van der Waals surface area contributed by atoms with Crippen molar-refractivity contribution in [3.05, 3.63) is 79.9 Å². The third-order valence-corrected chi connectivity index (χ3v) is 5.91. The van der Waals surface area contributed by atoms with Gasteiger partial charge >= 0.3 is 12.1 Å². The largest absolute Gasteiger partial charge is 0.465 e. The highest BCUT2D eigenvalue weighted by Crippen LogP contribution is 2.37. The van der Waals surface area contributed by atoms with Crippen molar-refractivity contribution in [2.75, 3.05) is 26.3 Å². The average molecular weight is 531 g/mol. The van der Waals surface area contributed by atoms with Crippen LogP contribution in [0.1, 0.15) is 30.1 Å². The Hall–Kier alpha value is -4.59. The number of nitrogens with zero attached hydrogens (tertiary/aromatic N) is 3. The van der Waals surface area contributed by atoms with Gasteiger partial charge in [0.1, 0.15) is 19.3 Å². The van der Waals surface area contributed by atoms with Crippen molar-refractivity contribution in [3.8, 4) is 0 Å². The van der Waals surface area contributed by atoms with Crippen LogP contribution in [0.5, 0.6) is 0 Å². The first-order valence-corrected chi connectivity index (χ1v) is 11.5. The minimum absolute atomic E-state index is 0.0317. The molecule has 1 aliphatic rings. The summed E-state index contributed by atoms with van der Waals surface area (Å²) >= 11 is 0. The van der Waals surface area contributed by atoms with E-state index in [1.165, 1.54) is 53.4 Å². The summed E-state index contributed by atoms with van der Waals surface area (Å²) in [5, 5.41) is 32.9. The van der Waals surface area contributed by atoms with Crippen LogP contribution in [0.4, 0.5) is 16.2 Å². The van der Waals surface area contributed by atoms with Gasteiger partial charge in [0.15, 0.2) is 6.10 Å². The fourth-order valence-corrected chi connectivity index (χ4v) is 4.01. The minimum Gasteiger partial charge on any atom is -0.465 e. The number of para-hydroxylation sites is 2. The van der Waals surface area contributed by atoms with Crippen LogP contribution in [0.25, 0.3) is 0 Å². The van der Waals surface area contributed by atoms with Crippen molar-refractivity contribution in [1.82, 2.24) is 4.90 Å². The molecule has 14 nitrogen and oxygen atoms in total. The van der Waals surface area contributed by atoms with Crippen LogP contribution >= 0.6 is 0 Å². The van der Waals surface area contributed by atoms with Gasteiger partial charge in [-0.3, -0.25) is 29.8 Å². The summed E-state index contributed by atoms with van der Waals surface area (Å²) in [7, 11) is 0. The molecular weight excluding hydrogens is 506 g/mol. The van der Waals surface area contributed by atoms with E-state index in [0.29, 0.717) is 0 Å². The molecule has 14 heteroatoms. The molecule has 2 aromatic carbocycles. The zero-order valence-corrected chi connectivity index (χ0v) is 20.0. The van der Waals surface area contributed by atoms with Crippen LogP contribution in [-0.4, -0.2) is 70.8 Å². The Morgan fingerprint density at radius 1 is 0.974 bits per heavy atom. The van der Waals surface area contributed by atoms with E-state index in [2.05, 4.69) is 4.74 Å². The average Bonchev–Trinajstić information content (AvgIpc) is 2.93. The van der Waals surface area contributed by atoms with Gasteiger partial charge < -0.3 is 24.2 Å². The summed E-state index contributed by atoms with van der Waals surface area (Å²) in [6.45, 7) is -0.327. The number of carbonyl (C=O) groups is 3. The Morgan fingerprint density at radius 3 is 2.00 bits per heavy atom. The Balaban J connectivity index is 1.73. The van der Waals surface area contributed by atoms with Crippen LogP contribution in [0, 0.1) is 26.1 Å². The van der Waals surface area contributed by atoms with E-state index in [0.717, 1.165) is 0 Å². The summed E-state index contributed by atoms with van der Waals surface area (Å²) in [4.78, 5) is 58.8. The number of hydrogen-bond acceptors (Lipinski definition) is 11. The highest BCUT2D eigenvalue weighted by molar-refractivity contribution is 5.74. The SMILES string of the molecule is O=COCC(O)COC(=O)C1CCN(C(=O)OC(c2ccccc2[N+](=O)[O-])c2ccccc2[N+](=O)[O-])CC1. The number of likely N-dealkylation sites (tertiary alicyclic amines) is 1. The first-order chi connectivity index (χ1) is 18.2. The summed E-state index contributed by atoms with van der Waals surface area (Å²) in [5.41, 5.74) is -0.803. The number of rotatable bonds is 11. The van der Waals surface area contributed by atoms with Crippen molar-refractivity contribution in [3.63, 3.8) is 0 Å². The van der Waals surface area contributed by atoms with Crippen LogP contribution in [-0.2, 0) is 23.8 Å². The van der Waals surface area contributed by atoms with Crippen LogP contribution < -0.4 is 0 Å². The van der Waals surface area contributed by atoms with E-state index in [9.17, 15) is 39.7 Å². The summed E-state index contributed by atoms with van der Waals surface area (Å²) < 4.78 is 15.1. The molecule has 0 saturated carbocycles. The van der Waals surface area contributed by atoms with Gasteiger partial charge in [-0.2, -0.15) is 0 Å². The second-order valence-corrected chi connectivity index (χ2v) is 8.37. The van der Waals surface area contributed by atoms with Crippen molar-refractivity contribution < 1.29 is 43.5 Å². The lowest BCUT2D eigenvalue weighted by Gasteiger charge is -2.31. The number of ether oxygens (including phenoxy) is 3. The van der Waals surface area contributed by atoms with Crippen LogP contribution in [0.3, 0.4) is 0 Å². The van der Waals surface area contributed by atoms with E-state index < -0.39 is 40.0 Å². The number of aliphatic hydroxyl groups excluding tert-OH is 1. The Kier molecular flexibility index (Phi) is 9.65. The lowest BCUT2D eigenvalue weighted by atomic mass is 9.97. The standard InChI is InChI=1S/C24H25N3O11/c28-15-36-13-17(29)14-37-23(30)16-9-11-25(12-10-16)24(31)38-22(18-5-1-3-7-20(18)26(32)33)19-6-2-4-8-21(19)27(34)35/h1-8,15-17,22,29H,9-14H2. The fraction of sp³-hybridized carbons (Fsp3) is 0.375. The quantitative estimate of drug-likeness (QED) is 0.147. The highest BCUT2D eigenvalue weighted by atomic mass is 16.6. The number of aliphatic hydroxyl groups is 1. The Bertz CT molecular complexity index is 1120. The summed E-state index contributed by atoms with van der Waals surface area (Å²) in [6.07, 6.45) is -3.03. The van der Waals surface area contributed by atoms with Crippen molar-refractivity contribution in [2.45, 2.75) is 25.0 Å². The molecule has 0 aromatic heterocycles. The third-order valence-electron chi connectivity index (χ3n) is 5.91. The minimum atomic E-state index is -1.44. The maximum atomic E-state index is 13.1. The zero-order chi connectivity index (χ0) is 27.7. The highest BCUT2D eigenvalue weighted by Gasteiger charge is 2.35. The van der Waals surface area contributed by atoms with Gasteiger partial charge in [-0.25, -0.2) is 4.79 Å². The number of esters is 1. The lowest BCUT2D eigenvalue weighted by Crippen LogP contribution is -2.41.